The molecule has 1 aromatic heterocycles. The zero-order valence-electron chi connectivity index (χ0n) is 13.0. The minimum absolute atomic E-state index is 0.528. The molecule has 0 amide bonds. The van der Waals surface area contributed by atoms with Gasteiger partial charge in [-0.15, -0.1) is 13.2 Å². The second kappa shape index (κ2) is 5.81. The number of nitrogens with one attached hydrogen (secondary N) is 1. The molecule has 0 unspecified atom stereocenters. The number of aliphatic hydroxyl groups is 2. The minimum atomic E-state index is -1.63. The second-order valence-electron chi connectivity index (χ2n) is 6.66. The van der Waals surface area contributed by atoms with Crippen LogP contribution in [-0.2, 0) is 4.74 Å². The molecule has 0 saturated carbocycles. The van der Waals surface area contributed by atoms with Crippen LogP contribution < -0.4 is 11.2 Å². The van der Waals surface area contributed by atoms with E-state index in [1.54, 1.807) is 0 Å². The summed E-state index contributed by atoms with van der Waals surface area (Å²) < 4.78 is 6.81. The fourth-order valence-electron chi connectivity index (χ4n) is 2.56. The average Bonchev–Trinajstić information content (AvgIpc) is 2.59. The number of rotatable bonds is 4. The first-order valence-electron chi connectivity index (χ1n) is 7.07. The molecule has 0 radical (unpaired) electrons. The molecule has 7 nitrogen and oxygen atoms in total. The van der Waals surface area contributed by atoms with Crippen LogP contribution in [0.1, 0.15) is 19.6 Å². The van der Waals surface area contributed by atoms with Gasteiger partial charge in [0.2, 0.25) is 0 Å². The van der Waals surface area contributed by atoms with Gasteiger partial charge < -0.3 is 14.9 Å². The standard InChI is InChI=1S/C14H23N2O5P/c1-14(20)11(18)9(6-8-22(2,3)4)21-12(14)16-7-5-10(17)15-13(16)19/h5,7,9,11-12,18,20H,2,6,8H2,1,3-4H3,(H,15,17,19)/t9-,11-,12-,14+/m1/s1. The Kier molecular flexibility index (Phi) is 4.55. The van der Waals surface area contributed by atoms with Crippen molar-refractivity contribution in [3.05, 3.63) is 33.1 Å². The molecular weight excluding hydrogens is 307 g/mol. The lowest BCUT2D eigenvalue weighted by molar-refractivity contribution is -0.0975. The van der Waals surface area contributed by atoms with E-state index in [0.29, 0.717) is 6.42 Å². The third-order valence-corrected chi connectivity index (χ3v) is 5.35. The van der Waals surface area contributed by atoms with Crippen LogP contribution in [0.25, 0.3) is 0 Å². The van der Waals surface area contributed by atoms with E-state index >= 15 is 0 Å². The van der Waals surface area contributed by atoms with Crippen LogP contribution in [0.5, 0.6) is 0 Å². The van der Waals surface area contributed by atoms with Crippen molar-refractivity contribution in [1.29, 1.82) is 0 Å². The lowest BCUT2D eigenvalue weighted by Crippen LogP contribution is -2.46. The Bertz CT molecular complexity index is 702. The van der Waals surface area contributed by atoms with Crippen molar-refractivity contribution >= 4 is 13.2 Å². The molecule has 0 spiro atoms. The number of hydrogen-bond donors (Lipinski definition) is 3. The van der Waals surface area contributed by atoms with Crippen LogP contribution in [0.3, 0.4) is 0 Å². The summed E-state index contributed by atoms with van der Waals surface area (Å²) in [6.07, 6.45) is 3.96. The summed E-state index contributed by atoms with van der Waals surface area (Å²) in [5, 5.41) is 20.9. The van der Waals surface area contributed by atoms with Crippen LogP contribution in [0, 0.1) is 0 Å². The van der Waals surface area contributed by atoms with Crippen molar-refractivity contribution < 1.29 is 14.9 Å². The Labute approximate surface area is 128 Å². The molecule has 0 aromatic carbocycles. The molecular formula is C14H23N2O5P. The maximum atomic E-state index is 11.9. The summed E-state index contributed by atoms with van der Waals surface area (Å²) >= 11 is 0. The van der Waals surface area contributed by atoms with E-state index in [-0.39, 0.29) is 0 Å². The third kappa shape index (κ3) is 3.43. The van der Waals surface area contributed by atoms with E-state index in [0.717, 1.165) is 10.7 Å². The van der Waals surface area contributed by atoms with Crippen LogP contribution in [0.2, 0.25) is 0 Å². The summed E-state index contributed by atoms with van der Waals surface area (Å²) in [5.41, 5.74) is -2.84. The predicted molar refractivity (Wildman–Crippen MR) is 87.2 cm³/mol. The first-order chi connectivity index (χ1) is 10.0. The first-order valence-corrected chi connectivity index (χ1v) is 10.1. The van der Waals surface area contributed by atoms with Crippen molar-refractivity contribution in [2.45, 2.75) is 37.4 Å². The van der Waals surface area contributed by atoms with Gasteiger partial charge in [-0.1, -0.05) is 0 Å². The van der Waals surface area contributed by atoms with Gasteiger partial charge in [-0.3, -0.25) is 14.3 Å². The smallest absolute Gasteiger partial charge is 0.330 e. The maximum Gasteiger partial charge on any atom is 0.330 e. The van der Waals surface area contributed by atoms with E-state index in [4.69, 9.17) is 4.74 Å². The molecule has 2 rings (SSSR count). The highest BCUT2D eigenvalue weighted by atomic mass is 31.2. The molecule has 8 heteroatoms. The zero-order chi connectivity index (χ0) is 16.7. The molecule has 1 aliphatic heterocycles. The van der Waals surface area contributed by atoms with Crippen LogP contribution in [0.15, 0.2) is 21.9 Å². The number of ether oxygens (including phenoxy) is 1. The van der Waals surface area contributed by atoms with Crippen molar-refractivity contribution in [3.8, 4) is 0 Å². The predicted octanol–water partition coefficient (Wildman–Crippen LogP) is -0.355. The first kappa shape index (κ1) is 17.2. The van der Waals surface area contributed by atoms with Gasteiger partial charge in [-0.2, -0.15) is 0 Å². The second-order valence-corrected chi connectivity index (χ2v) is 11.0. The molecule has 4 atom stereocenters. The van der Waals surface area contributed by atoms with E-state index < -0.39 is 42.2 Å². The van der Waals surface area contributed by atoms with Gasteiger partial charge in [0.05, 0.1) is 6.10 Å². The van der Waals surface area contributed by atoms with Crippen molar-refractivity contribution in [2.75, 3.05) is 19.5 Å². The van der Waals surface area contributed by atoms with Gasteiger partial charge >= 0.3 is 5.69 Å². The number of aromatic nitrogens is 2. The largest absolute Gasteiger partial charge is 0.387 e. The number of hydrogen-bond acceptors (Lipinski definition) is 5. The van der Waals surface area contributed by atoms with E-state index in [1.807, 2.05) is 0 Å². The molecule has 124 valence electrons. The summed E-state index contributed by atoms with van der Waals surface area (Å²) in [6.45, 7) is 4.30. The lowest BCUT2D eigenvalue weighted by Gasteiger charge is -2.27. The number of aliphatic hydroxyl groups excluding tert-OH is 1. The quantitative estimate of drug-likeness (QED) is 0.654. The zero-order valence-corrected chi connectivity index (χ0v) is 13.9. The summed E-state index contributed by atoms with van der Waals surface area (Å²) in [6, 6.07) is 1.17. The van der Waals surface area contributed by atoms with Gasteiger partial charge in [0.15, 0.2) is 6.23 Å². The van der Waals surface area contributed by atoms with Gasteiger partial charge in [0, 0.05) is 12.3 Å². The molecule has 2 heterocycles. The Hall–Kier alpha value is -1.14. The highest BCUT2D eigenvalue weighted by molar-refractivity contribution is 7.72. The van der Waals surface area contributed by atoms with E-state index in [1.165, 1.54) is 19.2 Å². The van der Waals surface area contributed by atoms with E-state index in [9.17, 15) is 19.8 Å². The topological polar surface area (TPSA) is 105 Å². The molecule has 1 aliphatic rings. The van der Waals surface area contributed by atoms with Crippen LogP contribution >= 0.6 is 6.89 Å². The molecule has 3 N–H and O–H groups in total. The maximum absolute atomic E-state index is 11.9. The average molecular weight is 330 g/mol. The third-order valence-electron chi connectivity index (χ3n) is 3.88. The monoisotopic (exact) mass is 330 g/mol. The van der Waals surface area contributed by atoms with E-state index in [2.05, 4.69) is 24.6 Å². The van der Waals surface area contributed by atoms with Crippen molar-refractivity contribution in [3.63, 3.8) is 0 Å². The van der Waals surface area contributed by atoms with Gasteiger partial charge in [0.25, 0.3) is 5.56 Å². The van der Waals surface area contributed by atoms with Crippen molar-refractivity contribution in [2.24, 2.45) is 0 Å². The summed E-state index contributed by atoms with van der Waals surface area (Å²) in [4.78, 5) is 25.1. The summed E-state index contributed by atoms with van der Waals surface area (Å²) in [7, 11) is 0. The van der Waals surface area contributed by atoms with Gasteiger partial charge in [0.1, 0.15) is 11.7 Å². The summed E-state index contributed by atoms with van der Waals surface area (Å²) in [5.74, 6) is 0. The molecule has 0 bridgehead atoms. The number of aromatic amines is 1. The SMILES string of the molecule is C=P(C)(C)CC[C@H]1O[C@@H](n2ccc(=O)[nH]c2=O)[C@@](C)(O)[C@@H]1O. The van der Waals surface area contributed by atoms with Gasteiger partial charge in [-0.05, 0) is 32.8 Å². The normalized spacial score (nSPS) is 32.3. The van der Waals surface area contributed by atoms with Gasteiger partial charge in [-0.25, -0.2) is 4.79 Å². The highest BCUT2D eigenvalue weighted by Crippen LogP contribution is 2.42. The Morgan fingerprint density at radius 1 is 1.50 bits per heavy atom. The highest BCUT2D eigenvalue weighted by Gasteiger charge is 2.53. The molecule has 22 heavy (non-hydrogen) atoms. The Morgan fingerprint density at radius 3 is 2.68 bits per heavy atom. The van der Waals surface area contributed by atoms with Crippen LogP contribution in [0.4, 0.5) is 0 Å². The Morgan fingerprint density at radius 2 is 2.14 bits per heavy atom. The number of nitrogens with zero attached hydrogens (tertiary/aromatic N) is 1. The minimum Gasteiger partial charge on any atom is -0.387 e. The molecule has 1 saturated heterocycles. The molecule has 1 fully saturated rings. The Balaban J connectivity index is 2.28. The molecule has 1 aromatic rings. The molecule has 0 aliphatic carbocycles. The number of H-pyrrole nitrogens is 1. The fraction of sp³-hybridized carbons (Fsp3) is 0.643. The lowest BCUT2D eigenvalue weighted by atomic mass is 9.95. The van der Waals surface area contributed by atoms with Crippen LogP contribution in [-0.4, -0.2) is 63.4 Å². The van der Waals surface area contributed by atoms with Crippen molar-refractivity contribution in [1.82, 2.24) is 9.55 Å². The fourth-order valence-corrected chi connectivity index (χ4v) is 3.52.